The van der Waals surface area contributed by atoms with Gasteiger partial charge in [0, 0.05) is 39.8 Å². The molecule has 195 valence electrons. The lowest BCUT2D eigenvalue weighted by atomic mass is 10.1. The molecule has 36 heavy (non-hydrogen) atoms. The highest BCUT2D eigenvalue weighted by atomic mass is 32.2. The number of aryl methyl sites for hydroxylation is 1. The van der Waals surface area contributed by atoms with Gasteiger partial charge in [-0.2, -0.15) is 14.7 Å². The molecule has 2 aliphatic heterocycles. The van der Waals surface area contributed by atoms with Gasteiger partial charge in [0.2, 0.25) is 10.0 Å². The first-order valence-electron chi connectivity index (χ1n) is 12.3. The largest absolute Gasteiger partial charge is 0.493 e. The zero-order valence-electron chi connectivity index (χ0n) is 21.0. The number of hydrogen-bond donors (Lipinski definition) is 1. The molecule has 0 aliphatic carbocycles. The summed E-state index contributed by atoms with van der Waals surface area (Å²) in [7, 11) is -2.02. The Hall–Kier alpha value is -2.80. The van der Waals surface area contributed by atoms with Crippen molar-refractivity contribution in [2.75, 3.05) is 45.9 Å². The third kappa shape index (κ3) is 5.17. The van der Waals surface area contributed by atoms with Gasteiger partial charge in [0.25, 0.3) is 0 Å². The molecule has 0 unspecified atom stereocenters. The summed E-state index contributed by atoms with van der Waals surface area (Å²) in [6, 6.07) is 4.62. The van der Waals surface area contributed by atoms with Crippen molar-refractivity contribution in [3.8, 4) is 5.75 Å². The summed E-state index contributed by atoms with van der Waals surface area (Å²) in [6.07, 6.45) is 2.30. The third-order valence-corrected chi connectivity index (χ3v) is 8.19. The Bertz CT molecular complexity index is 1250. The van der Waals surface area contributed by atoms with Crippen molar-refractivity contribution in [1.82, 2.24) is 24.3 Å². The molecule has 2 aromatic rings. The second-order valence-electron chi connectivity index (χ2n) is 8.85. The highest BCUT2D eigenvalue weighted by Crippen LogP contribution is 2.32. The summed E-state index contributed by atoms with van der Waals surface area (Å²) in [6.45, 7) is 6.74. The molecule has 1 amide bonds. The number of aliphatic hydroxyl groups excluding tert-OH is 1. The smallest absolute Gasteiger partial charge is 0.301 e. The van der Waals surface area contributed by atoms with E-state index in [1.807, 2.05) is 18.7 Å². The average molecular weight is 518 g/mol. The van der Waals surface area contributed by atoms with Gasteiger partial charge in [-0.15, -0.1) is 0 Å². The normalized spacial score (nSPS) is 17.0. The first-order valence-corrected chi connectivity index (χ1v) is 13.7. The van der Waals surface area contributed by atoms with E-state index in [-0.39, 0.29) is 23.0 Å². The molecule has 1 aromatic carbocycles. The van der Waals surface area contributed by atoms with Gasteiger partial charge in [0.05, 0.1) is 29.4 Å². The zero-order valence-corrected chi connectivity index (χ0v) is 21.8. The molecule has 1 aromatic heterocycles. The Labute approximate surface area is 211 Å². The number of ether oxygens (including phenoxy) is 1. The van der Waals surface area contributed by atoms with E-state index >= 15 is 0 Å². The van der Waals surface area contributed by atoms with Crippen LogP contribution in [0.3, 0.4) is 0 Å². The van der Waals surface area contributed by atoms with Gasteiger partial charge in [-0.3, -0.25) is 14.4 Å². The van der Waals surface area contributed by atoms with E-state index in [1.54, 1.807) is 17.8 Å². The number of aliphatic imine (C=N–C) groups is 1. The third-order valence-electron chi connectivity index (χ3n) is 6.29. The lowest BCUT2D eigenvalue weighted by molar-refractivity contribution is 0.0967. The van der Waals surface area contributed by atoms with E-state index in [0.717, 1.165) is 18.5 Å². The van der Waals surface area contributed by atoms with E-state index in [2.05, 4.69) is 15.4 Å². The molecule has 12 heteroatoms. The van der Waals surface area contributed by atoms with Crippen LogP contribution in [-0.4, -0.2) is 90.2 Å². The Balaban J connectivity index is 1.73. The minimum Gasteiger partial charge on any atom is -0.493 e. The van der Waals surface area contributed by atoms with Crippen molar-refractivity contribution in [2.45, 2.75) is 38.0 Å². The van der Waals surface area contributed by atoms with Crippen LogP contribution < -0.4 is 10.1 Å². The van der Waals surface area contributed by atoms with E-state index < -0.39 is 15.9 Å². The number of carbonyl (C=O) groups is 1. The van der Waals surface area contributed by atoms with Gasteiger partial charge in [-0.05, 0) is 31.0 Å². The van der Waals surface area contributed by atoms with Crippen molar-refractivity contribution in [1.29, 1.82) is 0 Å². The fourth-order valence-electron chi connectivity index (χ4n) is 4.39. The first kappa shape index (κ1) is 26.3. The zero-order chi connectivity index (χ0) is 25.9. The fourth-order valence-corrected chi connectivity index (χ4v) is 5.84. The number of hydrogen-bond acceptors (Lipinski definition) is 8. The van der Waals surface area contributed by atoms with Crippen LogP contribution in [0.15, 0.2) is 28.1 Å². The number of sulfonamides is 1. The van der Waals surface area contributed by atoms with Crippen LogP contribution in [0, 0.1) is 0 Å². The summed E-state index contributed by atoms with van der Waals surface area (Å²) in [5, 5.41) is 17.6. The second-order valence-corrected chi connectivity index (χ2v) is 10.8. The van der Waals surface area contributed by atoms with Gasteiger partial charge >= 0.3 is 5.91 Å². The molecular weight excluding hydrogens is 484 g/mol. The maximum absolute atomic E-state index is 13.5. The van der Waals surface area contributed by atoms with E-state index in [4.69, 9.17) is 9.84 Å². The first-order chi connectivity index (χ1) is 17.3. The second kappa shape index (κ2) is 11.1. The Morgan fingerprint density at radius 1 is 1.11 bits per heavy atom. The topological polar surface area (TPSA) is 131 Å². The van der Waals surface area contributed by atoms with Gasteiger partial charge in [0.1, 0.15) is 11.4 Å². The minimum atomic E-state index is -3.79. The number of fused-ring (bicyclic) bond motifs is 1. The number of aromatic nitrogens is 2. The van der Waals surface area contributed by atoms with Crippen molar-refractivity contribution in [3.05, 3.63) is 35.2 Å². The molecule has 0 saturated carbocycles. The molecule has 2 aliphatic rings. The molecule has 1 N–H and O–H groups in total. The summed E-state index contributed by atoms with van der Waals surface area (Å²) < 4.78 is 35.9. The number of rotatable bonds is 10. The highest BCUT2D eigenvalue weighted by Gasteiger charge is 2.33. The van der Waals surface area contributed by atoms with Crippen LogP contribution in [0.1, 0.15) is 48.4 Å². The van der Waals surface area contributed by atoms with Gasteiger partial charge in [0.15, 0.2) is 11.5 Å². The molecule has 1 fully saturated rings. The Morgan fingerprint density at radius 2 is 1.86 bits per heavy atom. The van der Waals surface area contributed by atoms with Crippen molar-refractivity contribution in [3.63, 3.8) is 0 Å². The molecule has 0 atom stereocenters. The van der Waals surface area contributed by atoms with Crippen LogP contribution in [0.2, 0.25) is 0 Å². The van der Waals surface area contributed by atoms with Crippen molar-refractivity contribution < 1.29 is 23.1 Å². The standard InChI is InChI=1S/C24H33N6O5S/c1-4-6-19-21-22(27-28(19)3)24(32)26-23(25-21)18-16-17(7-8-20(18)35-15-5-2)36(33,34)30-11-9-29(10-12-30)13-14-31/h7-8,16,31H,4-6,9-15H2,1-3H3. The number of carbonyl (C=O) groups excluding carboxylic acids is 1. The number of amides is 1. The minimum absolute atomic E-state index is 0.0400. The molecule has 3 heterocycles. The summed E-state index contributed by atoms with van der Waals surface area (Å²) in [5.41, 5.74) is 1.86. The molecule has 0 bridgehead atoms. The maximum atomic E-state index is 13.5. The van der Waals surface area contributed by atoms with Crippen molar-refractivity contribution >= 4 is 27.5 Å². The van der Waals surface area contributed by atoms with Crippen LogP contribution >= 0.6 is 0 Å². The molecule has 0 spiro atoms. The molecule has 1 radical (unpaired) electrons. The number of β-amino-alcohol motifs (C(OH)–C–C–N with tert-alkyl or cyclic N) is 1. The highest BCUT2D eigenvalue weighted by molar-refractivity contribution is 7.89. The summed E-state index contributed by atoms with van der Waals surface area (Å²) in [4.78, 5) is 19.7. The van der Waals surface area contributed by atoms with E-state index in [1.165, 1.54) is 16.4 Å². The quantitative estimate of drug-likeness (QED) is 0.502. The van der Waals surface area contributed by atoms with Crippen LogP contribution in [-0.2, 0) is 23.5 Å². The summed E-state index contributed by atoms with van der Waals surface area (Å²) in [5.74, 6) is 0.0275. The molecule has 1 saturated heterocycles. The van der Waals surface area contributed by atoms with Gasteiger partial charge < -0.3 is 9.84 Å². The lowest BCUT2D eigenvalue weighted by Gasteiger charge is -2.33. The van der Waals surface area contributed by atoms with Gasteiger partial charge in [-0.25, -0.2) is 13.4 Å². The summed E-state index contributed by atoms with van der Waals surface area (Å²) >= 11 is 0. The molecule has 11 nitrogen and oxygen atoms in total. The lowest BCUT2D eigenvalue weighted by Crippen LogP contribution is -2.49. The van der Waals surface area contributed by atoms with Crippen molar-refractivity contribution in [2.24, 2.45) is 12.0 Å². The molecular formula is C24H33N6O5S. The number of amidine groups is 1. The van der Waals surface area contributed by atoms with E-state index in [0.29, 0.717) is 62.8 Å². The fraction of sp³-hybridized carbons (Fsp3) is 0.542. The van der Waals surface area contributed by atoms with Gasteiger partial charge in [-0.1, -0.05) is 20.3 Å². The number of benzene rings is 1. The monoisotopic (exact) mass is 517 g/mol. The average Bonchev–Trinajstić information content (AvgIpc) is 3.19. The number of nitrogens with zero attached hydrogens (tertiary/aromatic N) is 6. The number of aliphatic hydroxyl groups is 1. The maximum Gasteiger partial charge on any atom is 0.301 e. The predicted molar refractivity (Wildman–Crippen MR) is 134 cm³/mol. The van der Waals surface area contributed by atoms with Crippen LogP contribution in [0.5, 0.6) is 5.75 Å². The number of piperazine rings is 1. The van der Waals surface area contributed by atoms with E-state index in [9.17, 15) is 13.2 Å². The Morgan fingerprint density at radius 3 is 2.53 bits per heavy atom. The Kier molecular flexibility index (Phi) is 8.08. The van der Waals surface area contributed by atoms with Crippen LogP contribution in [0.25, 0.3) is 0 Å². The van der Waals surface area contributed by atoms with Crippen LogP contribution in [0.4, 0.5) is 5.69 Å². The SMILES string of the molecule is CCCOc1ccc(S(=O)(=O)N2CCN(CCO)CC2)cc1C1=Nc2c(nn(C)c2CCC)C(=O)[N]1. The molecule has 4 rings (SSSR count). The predicted octanol–water partition coefficient (Wildman–Crippen LogP) is 1.30.